The Bertz CT molecular complexity index is 470. The van der Waals surface area contributed by atoms with Gasteiger partial charge >= 0.3 is 0 Å². The highest BCUT2D eigenvalue weighted by molar-refractivity contribution is 5.92. The molecule has 1 aromatic heterocycles. The highest BCUT2D eigenvalue weighted by Gasteiger charge is 2.32. The Hall–Kier alpha value is -1.73. The molecule has 3 heterocycles. The van der Waals surface area contributed by atoms with Gasteiger partial charge in [0.2, 0.25) is 0 Å². The summed E-state index contributed by atoms with van der Waals surface area (Å²) in [7, 11) is 0. The minimum Gasteiger partial charge on any atom is -0.336 e. The molecule has 7 nitrogen and oxygen atoms in total. The normalized spacial score (nSPS) is 23.2. The molecule has 1 unspecified atom stereocenters. The van der Waals surface area contributed by atoms with Gasteiger partial charge in [-0.15, -0.1) is 10.2 Å². The fourth-order valence-corrected chi connectivity index (χ4v) is 3.02. The summed E-state index contributed by atoms with van der Waals surface area (Å²) in [4.78, 5) is 16.7. The Morgan fingerprint density at radius 1 is 1.25 bits per heavy atom. The second kappa shape index (κ2) is 5.72. The van der Waals surface area contributed by atoms with Crippen LogP contribution >= 0.6 is 0 Å². The third kappa shape index (κ3) is 2.59. The second-order valence-electron chi connectivity index (χ2n) is 5.38. The van der Waals surface area contributed by atoms with Crippen LogP contribution in [0, 0.1) is 0 Å². The van der Waals surface area contributed by atoms with Crippen molar-refractivity contribution in [1.82, 2.24) is 20.0 Å². The Morgan fingerprint density at radius 3 is 2.70 bits per heavy atom. The molecule has 0 bridgehead atoms. The lowest BCUT2D eigenvalue weighted by Gasteiger charge is -2.23. The molecular formula is C13H20N6O. The lowest BCUT2D eigenvalue weighted by Crippen LogP contribution is -2.37. The van der Waals surface area contributed by atoms with Gasteiger partial charge in [0.15, 0.2) is 11.5 Å². The smallest absolute Gasteiger partial charge is 0.274 e. The van der Waals surface area contributed by atoms with E-state index in [4.69, 9.17) is 5.84 Å². The number of nitrogens with zero attached hydrogens (tertiary/aromatic N) is 4. The molecule has 2 fully saturated rings. The number of nitrogen functional groups attached to an aromatic ring is 1. The Labute approximate surface area is 118 Å². The minimum atomic E-state index is -0.0391. The van der Waals surface area contributed by atoms with Gasteiger partial charge in [0.05, 0.1) is 0 Å². The lowest BCUT2D eigenvalue weighted by molar-refractivity contribution is 0.0773. The van der Waals surface area contributed by atoms with Crippen LogP contribution in [0.3, 0.4) is 0 Å². The summed E-state index contributed by atoms with van der Waals surface area (Å²) in [6.45, 7) is 3.95. The van der Waals surface area contributed by atoms with E-state index in [2.05, 4.69) is 20.5 Å². The largest absolute Gasteiger partial charge is 0.336 e. The number of hydrogen-bond acceptors (Lipinski definition) is 6. The highest BCUT2D eigenvalue weighted by atomic mass is 16.2. The maximum atomic E-state index is 12.4. The number of nitrogens with two attached hydrogens (primary N) is 1. The standard InChI is InChI=1S/C13H20N6O/c14-15-12-4-3-11(16-17-12)13(20)19-8-5-10(9-19)18-6-1-2-7-18/h3-4,10H,1-2,5-9,14H2,(H,15,17). The predicted octanol–water partition coefficient (Wildman–Crippen LogP) is 0.0725. The molecule has 2 aliphatic heterocycles. The van der Waals surface area contributed by atoms with Gasteiger partial charge < -0.3 is 10.3 Å². The van der Waals surface area contributed by atoms with E-state index in [1.54, 1.807) is 12.1 Å². The van der Waals surface area contributed by atoms with Crippen molar-refractivity contribution in [2.24, 2.45) is 5.84 Å². The van der Waals surface area contributed by atoms with Crippen LogP contribution in [0.15, 0.2) is 12.1 Å². The first kappa shape index (κ1) is 13.3. The van der Waals surface area contributed by atoms with Crippen molar-refractivity contribution in [3.8, 4) is 0 Å². The van der Waals surface area contributed by atoms with Gasteiger partial charge in [-0.25, -0.2) is 5.84 Å². The van der Waals surface area contributed by atoms with Crippen LogP contribution in [0.2, 0.25) is 0 Å². The number of anilines is 1. The Kier molecular flexibility index (Phi) is 3.79. The summed E-state index contributed by atoms with van der Waals surface area (Å²) in [6.07, 6.45) is 3.62. The fourth-order valence-electron chi connectivity index (χ4n) is 3.02. The van der Waals surface area contributed by atoms with E-state index in [1.807, 2.05) is 4.90 Å². The number of likely N-dealkylation sites (tertiary alicyclic amines) is 2. The first-order valence-corrected chi connectivity index (χ1v) is 7.11. The number of hydrogen-bond donors (Lipinski definition) is 2. The highest BCUT2D eigenvalue weighted by Crippen LogP contribution is 2.21. The van der Waals surface area contributed by atoms with Crippen LogP contribution in [0.5, 0.6) is 0 Å². The van der Waals surface area contributed by atoms with E-state index in [1.165, 1.54) is 25.9 Å². The molecule has 2 aliphatic rings. The SMILES string of the molecule is NNc1ccc(C(=O)N2CCC(N3CCCC3)C2)nn1. The summed E-state index contributed by atoms with van der Waals surface area (Å²) >= 11 is 0. The third-order valence-corrected chi connectivity index (χ3v) is 4.14. The summed E-state index contributed by atoms with van der Waals surface area (Å²) in [5.41, 5.74) is 2.78. The summed E-state index contributed by atoms with van der Waals surface area (Å²) in [6, 6.07) is 3.83. The summed E-state index contributed by atoms with van der Waals surface area (Å²) < 4.78 is 0. The molecule has 0 radical (unpaired) electrons. The molecule has 0 saturated carbocycles. The van der Waals surface area contributed by atoms with Gasteiger partial charge in [0.25, 0.3) is 5.91 Å². The number of hydrazine groups is 1. The predicted molar refractivity (Wildman–Crippen MR) is 75.0 cm³/mol. The topological polar surface area (TPSA) is 87.4 Å². The molecule has 1 atom stereocenters. The van der Waals surface area contributed by atoms with Gasteiger partial charge in [-0.05, 0) is 44.5 Å². The summed E-state index contributed by atoms with van der Waals surface area (Å²) in [5, 5.41) is 7.76. The average Bonchev–Trinajstić information content (AvgIpc) is 3.17. The van der Waals surface area contributed by atoms with Crippen LogP contribution in [0.1, 0.15) is 29.8 Å². The first-order chi connectivity index (χ1) is 9.78. The molecular weight excluding hydrogens is 256 g/mol. The van der Waals surface area contributed by atoms with Crippen LogP contribution in [0.4, 0.5) is 5.82 Å². The van der Waals surface area contributed by atoms with E-state index in [-0.39, 0.29) is 5.91 Å². The molecule has 3 N–H and O–H groups in total. The molecule has 0 aliphatic carbocycles. The van der Waals surface area contributed by atoms with Crippen molar-refractivity contribution < 1.29 is 4.79 Å². The van der Waals surface area contributed by atoms with Crippen molar-refractivity contribution in [3.05, 3.63) is 17.8 Å². The van der Waals surface area contributed by atoms with Crippen molar-refractivity contribution in [2.75, 3.05) is 31.6 Å². The van der Waals surface area contributed by atoms with Crippen molar-refractivity contribution >= 4 is 11.7 Å². The molecule has 20 heavy (non-hydrogen) atoms. The first-order valence-electron chi connectivity index (χ1n) is 7.11. The maximum Gasteiger partial charge on any atom is 0.274 e. The van der Waals surface area contributed by atoms with Crippen LogP contribution in [-0.2, 0) is 0 Å². The van der Waals surface area contributed by atoms with Crippen molar-refractivity contribution in [1.29, 1.82) is 0 Å². The number of carbonyl (C=O) groups excluding carboxylic acids is 1. The van der Waals surface area contributed by atoms with E-state index in [0.717, 1.165) is 19.5 Å². The van der Waals surface area contributed by atoms with Crippen LogP contribution < -0.4 is 11.3 Å². The molecule has 108 valence electrons. The monoisotopic (exact) mass is 276 g/mol. The zero-order valence-electron chi connectivity index (χ0n) is 11.5. The number of rotatable bonds is 3. The van der Waals surface area contributed by atoms with Gasteiger partial charge in [-0.2, -0.15) is 0 Å². The van der Waals surface area contributed by atoms with Crippen LogP contribution in [0.25, 0.3) is 0 Å². The zero-order valence-corrected chi connectivity index (χ0v) is 11.5. The van der Waals surface area contributed by atoms with E-state index < -0.39 is 0 Å². The molecule has 7 heteroatoms. The number of nitrogens with one attached hydrogen (secondary N) is 1. The van der Waals surface area contributed by atoms with E-state index >= 15 is 0 Å². The van der Waals surface area contributed by atoms with Crippen molar-refractivity contribution in [2.45, 2.75) is 25.3 Å². The van der Waals surface area contributed by atoms with E-state index in [0.29, 0.717) is 17.6 Å². The number of amides is 1. The second-order valence-corrected chi connectivity index (χ2v) is 5.38. The number of carbonyl (C=O) groups is 1. The molecule has 1 amide bonds. The molecule has 3 rings (SSSR count). The van der Waals surface area contributed by atoms with Crippen molar-refractivity contribution in [3.63, 3.8) is 0 Å². The Morgan fingerprint density at radius 2 is 2.05 bits per heavy atom. The quantitative estimate of drug-likeness (QED) is 0.600. The lowest BCUT2D eigenvalue weighted by atomic mass is 10.2. The average molecular weight is 276 g/mol. The molecule has 0 aromatic carbocycles. The maximum absolute atomic E-state index is 12.4. The van der Waals surface area contributed by atoms with E-state index in [9.17, 15) is 4.79 Å². The third-order valence-electron chi connectivity index (χ3n) is 4.14. The zero-order chi connectivity index (χ0) is 13.9. The van der Waals surface area contributed by atoms with Gasteiger partial charge in [-0.3, -0.25) is 9.69 Å². The Balaban J connectivity index is 1.62. The van der Waals surface area contributed by atoms with Gasteiger partial charge in [0.1, 0.15) is 0 Å². The fraction of sp³-hybridized carbons (Fsp3) is 0.615. The van der Waals surface area contributed by atoms with Gasteiger partial charge in [-0.1, -0.05) is 0 Å². The molecule has 2 saturated heterocycles. The number of aromatic nitrogens is 2. The summed E-state index contributed by atoms with van der Waals surface area (Å²) in [5.74, 6) is 5.65. The van der Waals surface area contributed by atoms with Gasteiger partial charge in [0, 0.05) is 19.1 Å². The molecule has 0 spiro atoms. The van der Waals surface area contributed by atoms with Crippen LogP contribution in [-0.4, -0.2) is 58.1 Å². The molecule has 1 aromatic rings. The minimum absolute atomic E-state index is 0.0391.